The van der Waals surface area contributed by atoms with E-state index in [-0.39, 0.29) is 6.42 Å². The molecule has 0 aromatic heterocycles. The van der Waals surface area contributed by atoms with Crippen molar-refractivity contribution in [3.63, 3.8) is 0 Å². The van der Waals surface area contributed by atoms with Gasteiger partial charge in [0.2, 0.25) is 0 Å². The molecule has 0 amide bonds. The fourth-order valence-corrected chi connectivity index (χ4v) is 4.50. The Hall–Kier alpha value is -0.120. The van der Waals surface area contributed by atoms with Gasteiger partial charge in [-0.25, -0.2) is 0 Å². The van der Waals surface area contributed by atoms with Gasteiger partial charge in [-0.2, -0.15) is 0 Å². The summed E-state index contributed by atoms with van der Waals surface area (Å²) in [6.45, 7) is 2.29. The van der Waals surface area contributed by atoms with Crippen LogP contribution in [-0.2, 0) is 0 Å². The molecule has 0 fully saturated rings. The van der Waals surface area contributed by atoms with E-state index < -0.39 is 5.97 Å². The normalized spacial score (nSPS) is 12.0. The van der Waals surface area contributed by atoms with E-state index in [1.807, 2.05) is 0 Å². The smallest absolute Gasteiger partial charge is 0.275 e. The molecular formula is C28H58O3. The molecule has 0 atom stereocenters. The molecular weight excluding hydrogens is 384 g/mol. The number of aliphatic hydroxyl groups is 3. The summed E-state index contributed by atoms with van der Waals surface area (Å²) >= 11 is 0. The maximum Gasteiger partial charge on any atom is 0.275 e. The van der Waals surface area contributed by atoms with Crippen LogP contribution in [0.4, 0.5) is 0 Å². The van der Waals surface area contributed by atoms with Crippen molar-refractivity contribution in [2.24, 2.45) is 0 Å². The molecule has 0 aliphatic rings. The van der Waals surface area contributed by atoms with Crippen molar-refractivity contribution in [2.45, 2.75) is 180 Å². The van der Waals surface area contributed by atoms with Gasteiger partial charge >= 0.3 is 0 Å². The molecule has 0 saturated heterocycles. The second-order valence-corrected chi connectivity index (χ2v) is 10.0. The first-order chi connectivity index (χ1) is 15.1. The summed E-state index contributed by atoms with van der Waals surface area (Å²) in [6.07, 6.45) is 34.0. The third-order valence-corrected chi connectivity index (χ3v) is 6.62. The SMILES string of the molecule is CCCCCCCCCCCCCCCCCCCCCCCCCCCC(O)(O)O. The molecule has 0 spiro atoms. The number of hydrogen-bond acceptors (Lipinski definition) is 3. The summed E-state index contributed by atoms with van der Waals surface area (Å²) in [7, 11) is 0. The molecule has 3 N–H and O–H groups in total. The largest absolute Gasteiger partial charge is 0.344 e. The van der Waals surface area contributed by atoms with Crippen LogP contribution in [0.1, 0.15) is 174 Å². The van der Waals surface area contributed by atoms with Crippen LogP contribution in [0.5, 0.6) is 0 Å². The first-order valence-electron chi connectivity index (χ1n) is 14.2. The van der Waals surface area contributed by atoms with Gasteiger partial charge in [0.1, 0.15) is 0 Å². The molecule has 188 valence electrons. The van der Waals surface area contributed by atoms with Crippen molar-refractivity contribution in [3.05, 3.63) is 0 Å². The Balaban J connectivity index is 3.02. The molecule has 0 unspecified atom stereocenters. The zero-order valence-electron chi connectivity index (χ0n) is 21.2. The predicted molar refractivity (Wildman–Crippen MR) is 135 cm³/mol. The predicted octanol–water partition coefficient (Wildman–Crippen LogP) is 8.78. The fraction of sp³-hybridized carbons (Fsp3) is 1.00. The van der Waals surface area contributed by atoms with E-state index in [4.69, 9.17) is 15.3 Å². The third-order valence-electron chi connectivity index (χ3n) is 6.62. The van der Waals surface area contributed by atoms with Gasteiger partial charge in [0.25, 0.3) is 5.97 Å². The molecule has 0 aromatic rings. The molecule has 31 heavy (non-hydrogen) atoms. The van der Waals surface area contributed by atoms with Gasteiger partial charge < -0.3 is 15.3 Å². The minimum absolute atomic E-state index is 0.0618. The summed E-state index contributed by atoms with van der Waals surface area (Å²) in [6, 6.07) is 0. The lowest BCUT2D eigenvalue weighted by Crippen LogP contribution is -2.26. The zero-order valence-corrected chi connectivity index (χ0v) is 21.2. The van der Waals surface area contributed by atoms with Crippen LogP contribution in [-0.4, -0.2) is 21.3 Å². The maximum atomic E-state index is 8.81. The van der Waals surface area contributed by atoms with Crippen LogP contribution in [0, 0.1) is 0 Å². The Bertz CT molecular complexity index is 325. The summed E-state index contributed by atoms with van der Waals surface area (Å²) in [5, 5.41) is 26.4. The molecule has 0 rings (SSSR count). The van der Waals surface area contributed by atoms with E-state index in [1.54, 1.807) is 0 Å². The lowest BCUT2D eigenvalue weighted by Gasteiger charge is -2.12. The van der Waals surface area contributed by atoms with Crippen molar-refractivity contribution in [1.82, 2.24) is 0 Å². The van der Waals surface area contributed by atoms with E-state index >= 15 is 0 Å². The average Bonchev–Trinajstić information content (AvgIpc) is 2.73. The molecule has 3 heteroatoms. The lowest BCUT2D eigenvalue weighted by atomic mass is 10.0. The number of rotatable bonds is 26. The Labute approximate surface area is 195 Å². The highest BCUT2D eigenvalue weighted by molar-refractivity contribution is 4.53. The van der Waals surface area contributed by atoms with Crippen LogP contribution in [0.25, 0.3) is 0 Å². The second-order valence-electron chi connectivity index (χ2n) is 10.0. The molecule has 3 nitrogen and oxygen atoms in total. The fourth-order valence-electron chi connectivity index (χ4n) is 4.50. The quantitative estimate of drug-likeness (QED) is 0.0926. The van der Waals surface area contributed by atoms with Gasteiger partial charge in [0, 0.05) is 6.42 Å². The molecule has 0 aliphatic heterocycles. The minimum atomic E-state index is -2.47. The van der Waals surface area contributed by atoms with Crippen molar-refractivity contribution in [3.8, 4) is 0 Å². The summed E-state index contributed by atoms with van der Waals surface area (Å²) < 4.78 is 0. The van der Waals surface area contributed by atoms with Crippen LogP contribution >= 0.6 is 0 Å². The second kappa shape index (κ2) is 24.5. The third kappa shape index (κ3) is 29.9. The van der Waals surface area contributed by atoms with Gasteiger partial charge in [-0.3, -0.25) is 0 Å². The maximum absolute atomic E-state index is 8.81. The zero-order chi connectivity index (χ0) is 22.9. The molecule has 0 radical (unpaired) electrons. The van der Waals surface area contributed by atoms with Crippen molar-refractivity contribution in [2.75, 3.05) is 0 Å². The molecule has 0 aromatic carbocycles. The van der Waals surface area contributed by atoms with Crippen LogP contribution < -0.4 is 0 Å². The average molecular weight is 443 g/mol. The van der Waals surface area contributed by atoms with Gasteiger partial charge in [0.05, 0.1) is 0 Å². The topological polar surface area (TPSA) is 60.7 Å². The summed E-state index contributed by atoms with van der Waals surface area (Å²) in [4.78, 5) is 0. The molecule has 0 saturated carbocycles. The monoisotopic (exact) mass is 442 g/mol. The number of hydrogen-bond donors (Lipinski definition) is 3. The minimum Gasteiger partial charge on any atom is -0.344 e. The van der Waals surface area contributed by atoms with Gasteiger partial charge in [-0.05, 0) is 6.42 Å². The highest BCUT2D eigenvalue weighted by atomic mass is 16.7. The van der Waals surface area contributed by atoms with Crippen molar-refractivity contribution in [1.29, 1.82) is 0 Å². The van der Waals surface area contributed by atoms with Crippen molar-refractivity contribution >= 4 is 0 Å². The van der Waals surface area contributed by atoms with Crippen LogP contribution in [0.2, 0.25) is 0 Å². The first kappa shape index (κ1) is 30.9. The Kier molecular flexibility index (Phi) is 24.4. The lowest BCUT2D eigenvalue weighted by molar-refractivity contribution is -0.315. The Morgan fingerprint density at radius 1 is 0.323 bits per heavy atom. The van der Waals surface area contributed by atoms with E-state index in [9.17, 15) is 0 Å². The van der Waals surface area contributed by atoms with E-state index in [0.29, 0.717) is 6.42 Å². The van der Waals surface area contributed by atoms with Crippen LogP contribution in [0.15, 0.2) is 0 Å². The van der Waals surface area contributed by atoms with Crippen molar-refractivity contribution < 1.29 is 15.3 Å². The highest BCUT2D eigenvalue weighted by Gasteiger charge is 2.16. The standard InChI is InChI=1S/C28H58O3/c1-2-3-4-5-6-7-8-9-10-11-12-13-14-15-16-17-18-19-20-21-22-23-24-25-26-27-28(29,30)31/h29-31H,2-27H2,1H3. The highest BCUT2D eigenvalue weighted by Crippen LogP contribution is 2.16. The summed E-state index contributed by atoms with van der Waals surface area (Å²) in [5.41, 5.74) is 0. The van der Waals surface area contributed by atoms with E-state index in [0.717, 1.165) is 12.8 Å². The molecule has 0 bridgehead atoms. The van der Waals surface area contributed by atoms with E-state index in [1.165, 1.54) is 141 Å². The Morgan fingerprint density at radius 2 is 0.516 bits per heavy atom. The Morgan fingerprint density at radius 3 is 0.710 bits per heavy atom. The summed E-state index contributed by atoms with van der Waals surface area (Å²) in [5.74, 6) is -2.47. The van der Waals surface area contributed by atoms with Crippen LogP contribution in [0.3, 0.4) is 0 Å². The van der Waals surface area contributed by atoms with E-state index in [2.05, 4.69) is 6.92 Å². The van der Waals surface area contributed by atoms with Gasteiger partial charge in [-0.15, -0.1) is 0 Å². The molecule has 0 aliphatic carbocycles. The molecule has 0 heterocycles. The van der Waals surface area contributed by atoms with Gasteiger partial charge in [-0.1, -0.05) is 161 Å². The first-order valence-corrected chi connectivity index (χ1v) is 14.2. The van der Waals surface area contributed by atoms with Gasteiger partial charge in [0.15, 0.2) is 0 Å². The number of unbranched alkanes of at least 4 members (excludes halogenated alkanes) is 24.